The van der Waals surface area contributed by atoms with E-state index in [0.717, 1.165) is 32.9 Å². The van der Waals surface area contributed by atoms with Gasteiger partial charge in [0, 0.05) is 4.88 Å². The Morgan fingerprint density at radius 2 is 1.79 bits per heavy atom. The van der Waals surface area contributed by atoms with Crippen molar-refractivity contribution in [1.82, 2.24) is 5.32 Å². The second kappa shape index (κ2) is 7.26. The Kier molecular flexibility index (Phi) is 4.45. The molecule has 0 bridgehead atoms. The van der Waals surface area contributed by atoms with Crippen LogP contribution in [0.1, 0.15) is 28.2 Å². The van der Waals surface area contributed by atoms with Gasteiger partial charge in [-0.2, -0.15) is 0 Å². The van der Waals surface area contributed by atoms with Gasteiger partial charge in [0.05, 0.1) is 10.9 Å². The molecule has 0 aliphatic carbocycles. The highest BCUT2D eigenvalue weighted by Crippen LogP contribution is 2.38. The van der Waals surface area contributed by atoms with Crippen LogP contribution in [-0.4, -0.2) is 12.7 Å². The molecule has 1 atom stereocenters. The number of fused-ring (bicyclic) bond motifs is 2. The van der Waals surface area contributed by atoms with E-state index in [1.54, 1.807) is 0 Å². The second-order valence-corrected chi connectivity index (χ2v) is 8.08. The number of nitrogens with one attached hydrogen (secondary N) is 1. The first kappa shape index (κ1) is 17.8. The van der Waals surface area contributed by atoms with Gasteiger partial charge >= 0.3 is 0 Å². The Bertz CT molecular complexity index is 1210. The molecule has 2 heterocycles. The van der Waals surface area contributed by atoms with Crippen LogP contribution in [-0.2, 0) is 0 Å². The first-order valence-corrected chi connectivity index (χ1v) is 10.3. The van der Waals surface area contributed by atoms with E-state index in [-0.39, 0.29) is 18.7 Å². The summed E-state index contributed by atoms with van der Waals surface area (Å²) in [6, 6.07) is 24.0. The molecule has 0 fully saturated rings. The lowest BCUT2D eigenvalue weighted by Crippen LogP contribution is -2.26. The first-order valence-electron chi connectivity index (χ1n) is 9.47. The fourth-order valence-corrected chi connectivity index (χ4v) is 4.54. The van der Waals surface area contributed by atoms with Crippen molar-refractivity contribution in [3.05, 3.63) is 83.2 Å². The van der Waals surface area contributed by atoms with Gasteiger partial charge in [-0.1, -0.05) is 42.5 Å². The fourth-order valence-electron chi connectivity index (χ4n) is 3.64. The zero-order valence-corrected chi connectivity index (χ0v) is 16.7. The van der Waals surface area contributed by atoms with E-state index in [9.17, 15) is 4.79 Å². The summed E-state index contributed by atoms with van der Waals surface area (Å²) in [6.45, 7) is 2.27. The molecule has 1 N–H and O–H groups in total. The highest BCUT2D eigenvalue weighted by Gasteiger charge is 2.18. The van der Waals surface area contributed by atoms with Crippen molar-refractivity contribution in [2.24, 2.45) is 0 Å². The van der Waals surface area contributed by atoms with Crippen LogP contribution in [0.3, 0.4) is 0 Å². The van der Waals surface area contributed by atoms with E-state index in [0.29, 0.717) is 4.88 Å². The highest BCUT2D eigenvalue weighted by atomic mass is 32.1. The molecule has 5 heteroatoms. The van der Waals surface area contributed by atoms with E-state index in [2.05, 4.69) is 29.6 Å². The maximum Gasteiger partial charge on any atom is 0.261 e. The van der Waals surface area contributed by atoms with Crippen LogP contribution in [0.25, 0.3) is 21.2 Å². The average molecular weight is 401 g/mol. The van der Waals surface area contributed by atoms with Crippen LogP contribution >= 0.6 is 11.3 Å². The maximum atomic E-state index is 12.9. The van der Waals surface area contributed by atoms with Crippen molar-refractivity contribution in [2.75, 3.05) is 6.79 Å². The van der Waals surface area contributed by atoms with Crippen LogP contribution in [0.5, 0.6) is 11.5 Å². The summed E-state index contributed by atoms with van der Waals surface area (Å²) in [5.74, 6) is 1.43. The molecule has 1 aromatic heterocycles. The number of benzene rings is 3. The number of carbonyl (C=O) groups excluding carboxylic acids is 1. The Balaban J connectivity index is 1.36. The van der Waals surface area contributed by atoms with E-state index < -0.39 is 0 Å². The first-order chi connectivity index (χ1) is 14.2. The lowest BCUT2D eigenvalue weighted by atomic mass is 10.00. The van der Waals surface area contributed by atoms with E-state index >= 15 is 0 Å². The van der Waals surface area contributed by atoms with Gasteiger partial charge in [-0.3, -0.25) is 4.79 Å². The lowest BCUT2D eigenvalue weighted by molar-refractivity contribution is 0.0944. The smallest absolute Gasteiger partial charge is 0.261 e. The lowest BCUT2D eigenvalue weighted by Gasteiger charge is -2.16. The Labute approximate surface area is 172 Å². The minimum absolute atomic E-state index is 0.0672. The van der Waals surface area contributed by atoms with Crippen molar-refractivity contribution in [3.8, 4) is 21.9 Å². The van der Waals surface area contributed by atoms with E-state index in [4.69, 9.17) is 9.47 Å². The summed E-state index contributed by atoms with van der Waals surface area (Å²) in [7, 11) is 0. The van der Waals surface area contributed by atoms with Gasteiger partial charge in [-0.15, -0.1) is 11.3 Å². The molecule has 0 saturated carbocycles. The molecule has 0 radical (unpaired) electrons. The molecule has 5 rings (SSSR count). The molecule has 144 valence electrons. The molecular formula is C24H19NO3S. The topological polar surface area (TPSA) is 47.6 Å². The van der Waals surface area contributed by atoms with Gasteiger partial charge in [0.15, 0.2) is 11.5 Å². The van der Waals surface area contributed by atoms with Crippen LogP contribution in [0.4, 0.5) is 0 Å². The standard InChI is InChI=1S/C24H19NO3S/c1-15(18-8-4-6-16-5-2-3-7-19(16)18)25-24(26)23-12-11-22(29-23)17-9-10-20-21(13-17)28-14-27-20/h2-13,15H,14H2,1H3,(H,25,26). The molecule has 29 heavy (non-hydrogen) atoms. The normalized spacial score (nSPS) is 13.4. The summed E-state index contributed by atoms with van der Waals surface area (Å²) in [5.41, 5.74) is 2.13. The molecule has 3 aromatic carbocycles. The Morgan fingerprint density at radius 3 is 2.72 bits per heavy atom. The van der Waals surface area contributed by atoms with Crippen molar-refractivity contribution in [1.29, 1.82) is 0 Å². The molecule has 4 aromatic rings. The molecule has 0 spiro atoms. The van der Waals surface area contributed by atoms with Crippen molar-refractivity contribution < 1.29 is 14.3 Å². The molecule has 1 aliphatic heterocycles. The molecular weight excluding hydrogens is 382 g/mol. The quantitative estimate of drug-likeness (QED) is 0.471. The summed E-state index contributed by atoms with van der Waals surface area (Å²) < 4.78 is 10.8. The van der Waals surface area contributed by atoms with E-state index in [1.807, 2.05) is 55.5 Å². The van der Waals surface area contributed by atoms with Crippen LogP contribution in [0.15, 0.2) is 72.8 Å². The Hall–Kier alpha value is -3.31. The van der Waals surface area contributed by atoms with Crippen LogP contribution in [0.2, 0.25) is 0 Å². The summed E-state index contributed by atoms with van der Waals surface area (Å²) >= 11 is 1.47. The zero-order chi connectivity index (χ0) is 19.8. The van der Waals surface area contributed by atoms with E-state index in [1.165, 1.54) is 16.7 Å². The van der Waals surface area contributed by atoms with Crippen molar-refractivity contribution >= 4 is 28.0 Å². The molecule has 1 aliphatic rings. The molecule has 1 unspecified atom stereocenters. The van der Waals surface area contributed by atoms with Gasteiger partial charge in [0.25, 0.3) is 5.91 Å². The zero-order valence-electron chi connectivity index (χ0n) is 15.8. The molecule has 1 amide bonds. The highest BCUT2D eigenvalue weighted by molar-refractivity contribution is 7.17. The number of thiophene rings is 1. The van der Waals surface area contributed by atoms with Gasteiger partial charge < -0.3 is 14.8 Å². The second-order valence-electron chi connectivity index (χ2n) is 7.00. The van der Waals surface area contributed by atoms with Gasteiger partial charge in [-0.25, -0.2) is 0 Å². The number of carbonyl (C=O) groups is 1. The van der Waals surface area contributed by atoms with Crippen LogP contribution in [0, 0.1) is 0 Å². The number of hydrogen-bond donors (Lipinski definition) is 1. The summed E-state index contributed by atoms with van der Waals surface area (Å²) in [6.07, 6.45) is 0. The average Bonchev–Trinajstić information content (AvgIpc) is 3.42. The van der Waals surface area contributed by atoms with Crippen molar-refractivity contribution in [2.45, 2.75) is 13.0 Å². The molecule has 4 nitrogen and oxygen atoms in total. The summed E-state index contributed by atoms with van der Waals surface area (Å²) in [4.78, 5) is 14.6. The maximum absolute atomic E-state index is 12.9. The van der Waals surface area contributed by atoms with Gasteiger partial charge in [0.1, 0.15) is 0 Å². The minimum Gasteiger partial charge on any atom is -0.454 e. The third-order valence-corrected chi connectivity index (χ3v) is 6.26. The Morgan fingerprint density at radius 1 is 0.966 bits per heavy atom. The van der Waals surface area contributed by atoms with Gasteiger partial charge in [0.2, 0.25) is 6.79 Å². The van der Waals surface area contributed by atoms with Crippen molar-refractivity contribution in [3.63, 3.8) is 0 Å². The monoisotopic (exact) mass is 401 g/mol. The number of ether oxygens (including phenoxy) is 2. The predicted octanol–water partition coefficient (Wildman–Crippen LogP) is 5.79. The summed E-state index contributed by atoms with van der Waals surface area (Å²) in [5, 5.41) is 5.47. The largest absolute Gasteiger partial charge is 0.454 e. The third-order valence-electron chi connectivity index (χ3n) is 5.12. The number of hydrogen-bond acceptors (Lipinski definition) is 4. The van der Waals surface area contributed by atoms with Crippen LogP contribution < -0.4 is 14.8 Å². The minimum atomic E-state index is -0.0929. The fraction of sp³-hybridized carbons (Fsp3) is 0.125. The predicted molar refractivity (Wildman–Crippen MR) is 116 cm³/mol. The third kappa shape index (κ3) is 3.34. The number of amides is 1. The SMILES string of the molecule is CC(NC(=O)c1ccc(-c2ccc3c(c2)OCO3)s1)c1cccc2ccccc12. The number of rotatable bonds is 4. The van der Waals surface area contributed by atoms with Gasteiger partial charge in [-0.05, 0) is 59.2 Å². The molecule has 0 saturated heterocycles.